The molecule has 34 heavy (non-hydrogen) atoms. The molecule has 6 nitrogen and oxygen atoms in total. The molecule has 0 aliphatic carbocycles. The number of para-hydroxylation sites is 1. The van der Waals surface area contributed by atoms with Crippen LogP contribution in [0.4, 0.5) is 0 Å². The van der Waals surface area contributed by atoms with Crippen molar-refractivity contribution in [1.29, 1.82) is 0 Å². The highest BCUT2D eigenvalue weighted by molar-refractivity contribution is 5.95. The van der Waals surface area contributed by atoms with Gasteiger partial charge in [-0.1, -0.05) is 48.5 Å². The molecule has 1 aliphatic rings. The number of hydrogen-bond donors (Lipinski definition) is 1. The molecular formula is C28H30N2O4. The number of methoxy groups -OCH3 is 2. The molecule has 1 heterocycles. The molecule has 3 aromatic carbocycles. The average molecular weight is 459 g/mol. The molecule has 2 amide bonds. The van der Waals surface area contributed by atoms with Crippen LogP contribution >= 0.6 is 0 Å². The number of nitrogens with zero attached hydrogens (tertiary/aromatic N) is 1. The molecule has 1 N–H and O–H groups in total. The minimum Gasteiger partial charge on any atom is -0.497 e. The maximum atomic E-state index is 13.6. The monoisotopic (exact) mass is 458 g/mol. The summed E-state index contributed by atoms with van der Waals surface area (Å²) in [6.07, 6.45) is 1.10. The van der Waals surface area contributed by atoms with E-state index in [4.69, 9.17) is 9.47 Å². The third kappa shape index (κ3) is 4.76. The first-order chi connectivity index (χ1) is 16.6. The van der Waals surface area contributed by atoms with Crippen LogP contribution in [0.15, 0.2) is 78.9 Å². The number of likely N-dealkylation sites (tertiary alicyclic amines) is 1. The maximum absolute atomic E-state index is 13.6. The van der Waals surface area contributed by atoms with Crippen molar-refractivity contribution in [2.24, 2.45) is 0 Å². The number of ether oxygens (including phenoxy) is 2. The van der Waals surface area contributed by atoms with E-state index in [-0.39, 0.29) is 11.8 Å². The molecule has 0 radical (unpaired) electrons. The molecule has 0 spiro atoms. The fraction of sp³-hybridized carbons (Fsp3) is 0.286. The number of carbonyl (C=O) groups excluding carboxylic acids is 2. The zero-order chi connectivity index (χ0) is 24.0. The summed E-state index contributed by atoms with van der Waals surface area (Å²) in [6.45, 7) is 1.38. The lowest BCUT2D eigenvalue weighted by molar-refractivity contribution is -0.128. The Hall–Kier alpha value is -3.80. The van der Waals surface area contributed by atoms with Crippen LogP contribution in [-0.2, 0) is 16.8 Å². The van der Waals surface area contributed by atoms with Gasteiger partial charge in [0.15, 0.2) is 0 Å². The Balaban J connectivity index is 1.51. The van der Waals surface area contributed by atoms with Crippen molar-refractivity contribution in [2.45, 2.75) is 24.8 Å². The molecule has 1 fully saturated rings. The first kappa shape index (κ1) is 23.4. The van der Waals surface area contributed by atoms with E-state index in [1.54, 1.807) is 38.5 Å². The summed E-state index contributed by atoms with van der Waals surface area (Å²) in [4.78, 5) is 28.5. The van der Waals surface area contributed by atoms with Crippen molar-refractivity contribution in [3.63, 3.8) is 0 Å². The second-order valence-corrected chi connectivity index (χ2v) is 8.46. The van der Waals surface area contributed by atoms with Crippen LogP contribution in [0.5, 0.6) is 11.5 Å². The van der Waals surface area contributed by atoms with Crippen molar-refractivity contribution in [3.05, 3.63) is 95.6 Å². The van der Waals surface area contributed by atoms with Crippen LogP contribution in [0.1, 0.15) is 34.3 Å². The zero-order valence-electron chi connectivity index (χ0n) is 19.6. The van der Waals surface area contributed by atoms with Crippen LogP contribution in [0.25, 0.3) is 0 Å². The summed E-state index contributed by atoms with van der Waals surface area (Å²) in [5, 5.41) is 3.13. The third-order valence-electron chi connectivity index (χ3n) is 6.63. The number of amides is 2. The highest BCUT2D eigenvalue weighted by Crippen LogP contribution is 2.36. The van der Waals surface area contributed by atoms with E-state index in [9.17, 15) is 9.59 Å². The van der Waals surface area contributed by atoms with E-state index in [1.807, 2.05) is 59.5 Å². The Morgan fingerprint density at radius 2 is 1.50 bits per heavy atom. The largest absolute Gasteiger partial charge is 0.497 e. The Kier molecular flexibility index (Phi) is 7.16. The fourth-order valence-electron chi connectivity index (χ4n) is 4.61. The molecule has 0 aromatic heterocycles. The minimum absolute atomic E-state index is 0.0267. The van der Waals surface area contributed by atoms with Gasteiger partial charge >= 0.3 is 0 Å². The Morgan fingerprint density at radius 3 is 2.15 bits per heavy atom. The standard InChI is InChI=1S/C28H30N2O4/c1-33-24-14-12-21(13-15-24)26(31)30-18-16-28(17-19-30,23-9-4-3-5-10-23)27(32)29-20-22-8-6-7-11-25(22)34-2/h3-15H,16-20H2,1-2H3,(H,29,32). The smallest absolute Gasteiger partial charge is 0.253 e. The van der Waals surface area contributed by atoms with Crippen molar-refractivity contribution < 1.29 is 19.1 Å². The van der Waals surface area contributed by atoms with Gasteiger partial charge in [-0.15, -0.1) is 0 Å². The zero-order valence-corrected chi connectivity index (χ0v) is 19.6. The van der Waals surface area contributed by atoms with E-state index < -0.39 is 5.41 Å². The molecule has 6 heteroatoms. The van der Waals surface area contributed by atoms with Gasteiger partial charge in [-0.25, -0.2) is 0 Å². The maximum Gasteiger partial charge on any atom is 0.253 e. The van der Waals surface area contributed by atoms with E-state index in [1.165, 1.54) is 0 Å². The molecule has 176 valence electrons. The van der Waals surface area contributed by atoms with Crippen molar-refractivity contribution in [1.82, 2.24) is 10.2 Å². The van der Waals surface area contributed by atoms with Gasteiger partial charge in [-0.3, -0.25) is 9.59 Å². The molecule has 0 atom stereocenters. The Bertz CT molecular complexity index is 1120. The van der Waals surface area contributed by atoms with Gasteiger partial charge in [-0.05, 0) is 48.7 Å². The van der Waals surface area contributed by atoms with Crippen molar-refractivity contribution in [2.75, 3.05) is 27.3 Å². The number of piperidine rings is 1. The highest BCUT2D eigenvalue weighted by Gasteiger charge is 2.43. The number of rotatable bonds is 7. The van der Waals surface area contributed by atoms with Crippen LogP contribution in [-0.4, -0.2) is 44.0 Å². The fourth-order valence-corrected chi connectivity index (χ4v) is 4.61. The first-order valence-electron chi connectivity index (χ1n) is 11.5. The molecule has 0 saturated carbocycles. The van der Waals surface area contributed by atoms with E-state index >= 15 is 0 Å². The number of benzene rings is 3. The van der Waals surface area contributed by atoms with Crippen LogP contribution in [0.3, 0.4) is 0 Å². The van der Waals surface area contributed by atoms with Crippen molar-refractivity contribution in [3.8, 4) is 11.5 Å². The normalized spacial score (nSPS) is 14.8. The van der Waals surface area contributed by atoms with E-state index in [0.29, 0.717) is 43.8 Å². The van der Waals surface area contributed by atoms with Gasteiger partial charge in [0.05, 0.1) is 19.6 Å². The predicted octanol–water partition coefficient (Wildman–Crippen LogP) is 4.19. The number of hydrogen-bond acceptors (Lipinski definition) is 4. The van der Waals surface area contributed by atoms with E-state index in [0.717, 1.165) is 16.9 Å². The quantitative estimate of drug-likeness (QED) is 0.576. The average Bonchev–Trinajstić information content (AvgIpc) is 2.92. The molecule has 3 aromatic rings. The number of nitrogens with one attached hydrogen (secondary N) is 1. The summed E-state index contributed by atoms with van der Waals surface area (Å²) in [7, 11) is 3.23. The van der Waals surface area contributed by atoms with Gasteiger partial charge in [0.1, 0.15) is 11.5 Å². The van der Waals surface area contributed by atoms with Gasteiger partial charge in [-0.2, -0.15) is 0 Å². The summed E-state index contributed by atoms with van der Waals surface area (Å²) in [5.41, 5.74) is 1.83. The summed E-state index contributed by atoms with van der Waals surface area (Å²) >= 11 is 0. The highest BCUT2D eigenvalue weighted by atomic mass is 16.5. The summed E-state index contributed by atoms with van der Waals surface area (Å²) in [6, 6.07) is 24.7. The lowest BCUT2D eigenvalue weighted by atomic mass is 9.72. The van der Waals surface area contributed by atoms with Gasteiger partial charge in [0.2, 0.25) is 5.91 Å². The van der Waals surface area contributed by atoms with Crippen LogP contribution < -0.4 is 14.8 Å². The lowest BCUT2D eigenvalue weighted by Gasteiger charge is -2.41. The molecule has 1 saturated heterocycles. The van der Waals surface area contributed by atoms with Crippen molar-refractivity contribution >= 4 is 11.8 Å². The molecular weight excluding hydrogens is 428 g/mol. The van der Waals surface area contributed by atoms with Gasteiger partial charge in [0, 0.05) is 30.8 Å². The minimum atomic E-state index is -0.694. The van der Waals surface area contributed by atoms with Crippen LogP contribution in [0, 0.1) is 0 Å². The second-order valence-electron chi connectivity index (χ2n) is 8.46. The third-order valence-corrected chi connectivity index (χ3v) is 6.63. The Labute approximate surface area is 200 Å². The SMILES string of the molecule is COc1ccc(C(=O)N2CCC(C(=O)NCc3ccccc3OC)(c3ccccc3)CC2)cc1. The lowest BCUT2D eigenvalue weighted by Crippen LogP contribution is -2.52. The molecule has 0 bridgehead atoms. The Morgan fingerprint density at radius 1 is 0.853 bits per heavy atom. The van der Waals surface area contributed by atoms with Gasteiger partial charge in [0.25, 0.3) is 5.91 Å². The molecule has 4 rings (SSSR count). The molecule has 0 unspecified atom stereocenters. The summed E-state index contributed by atoms with van der Waals surface area (Å²) in [5.74, 6) is 1.40. The van der Waals surface area contributed by atoms with E-state index in [2.05, 4.69) is 5.32 Å². The molecule has 1 aliphatic heterocycles. The summed E-state index contributed by atoms with van der Waals surface area (Å²) < 4.78 is 10.6. The topological polar surface area (TPSA) is 67.9 Å². The van der Waals surface area contributed by atoms with Gasteiger partial charge < -0.3 is 19.7 Å². The number of carbonyl (C=O) groups is 2. The van der Waals surface area contributed by atoms with Crippen LogP contribution in [0.2, 0.25) is 0 Å². The second kappa shape index (κ2) is 10.4. The first-order valence-corrected chi connectivity index (χ1v) is 11.5. The predicted molar refractivity (Wildman–Crippen MR) is 131 cm³/mol.